The van der Waals surface area contributed by atoms with E-state index in [4.69, 9.17) is 5.11 Å². The van der Waals surface area contributed by atoms with Crippen LogP contribution in [0.15, 0.2) is 18.2 Å². The minimum atomic E-state index is -0.696. The van der Waals surface area contributed by atoms with Gasteiger partial charge >= 0.3 is 5.97 Å². The van der Waals surface area contributed by atoms with Crippen molar-refractivity contribution in [3.63, 3.8) is 0 Å². The van der Waals surface area contributed by atoms with Gasteiger partial charge in [-0.2, -0.15) is 0 Å². The first-order chi connectivity index (χ1) is 9.16. The summed E-state index contributed by atoms with van der Waals surface area (Å²) in [4.78, 5) is 10.4. The molecule has 0 aromatic heterocycles. The molecule has 0 saturated heterocycles. The average molecular weight is 262 g/mol. The normalized spacial score (nSPS) is 18.0. The van der Waals surface area contributed by atoms with Gasteiger partial charge in [0, 0.05) is 6.42 Å². The molecule has 1 atom stereocenters. The maximum Gasteiger partial charge on any atom is 0.303 e. The van der Waals surface area contributed by atoms with E-state index < -0.39 is 5.97 Å². The van der Waals surface area contributed by atoms with Gasteiger partial charge in [-0.05, 0) is 61.3 Å². The van der Waals surface area contributed by atoms with E-state index in [1.807, 2.05) is 6.07 Å². The summed E-state index contributed by atoms with van der Waals surface area (Å²) < 4.78 is 0. The number of aromatic hydroxyl groups is 1. The smallest absolute Gasteiger partial charge is 0.303 e. The largest absolute Gasteiger partial charge is 0.508 e. The SMILES string of the molecule is O=C(O)CCCCCC1CCCc2cc(O)ccc21. The number of benzene rings is 1. The van der Waals surface area contributed by atoms with Gasteiger partial charge in [-0.25, -0.2) is 0 Å². The summed E-state index contributed by atoms with van der Waals surface area (Å²) >= 11 is 0. The highest BCUT2D eigenvalue weighted by Crippen LogP contribution is 2.36. The molecule has 0 aliphatic heterocycles. The molecule has 104 valence electrons. The van der Waals surface area contributed by atoms with Gasteiger partial charge in [-0.3, -0.25) is 4.79 Å². The first kappa shape index (κ1) is 13.9. The minimum absolute atomic E-state index is 0.287. The quantitative estimate of drug-likeness (QED) is 0.766. The molecular formula is C16H22O3. The Balaban J connectivity index is 1.84. The second kappa shape index (κ2) is 6.60. The summed E-state index contributed by atoms with van der Waals surface area (Å²) in [5.41, 5.74) is 2.68. The Hall–Kier alpha value is -1.51. The Morgan fingerprint density at radius 1 is 1.26 bits per heavy atom. The first-order valence-corrected chi connectivity index (χ1v) is 7.20. The third-order valence-corrected chi connectivity index (χ3v) is 4.01. The van der Waals surface area contributed by atoms with Crippen LogP contribution < -0.4 is 0 Å². The van der Waals surface area contributed by atoms with Crippen molar-refractivity contribution in [2.45, 2.75) is 57.3 Å². The molecule has 1 aliphatic carbocycles. The Bertz CT molecular complexity index is 440. The van der Waals surface area contributed by atoms with Gasteiger partial charge in [0.15, 0.2) is 0 Å². The van der Waals surface area contributed by atoms with Gasteiger partial charge in [0.25, 0.3) is 0 Å². The molecule has 0 amide bonds. The zero-order chi connectivity index (χ0) is 13.7. The molecule has 0 spiro atoms. The number of carboxylic acids is 1. The van der Waals surface area contributed by atoms with Crippen LogP contribution in [0.25, 0.3) is 0 Å². The van der Waals surface area contributed by atoms with Crippen LogP contribution >= 0.6 is 0 Å². The zero-order valence-electron chi connectivity index (χ0n) is 11.3. The molecular weight excluding hydrogens is 240 g/mol. The number of phenolic OH excluding ortho intramolecular Hbond substituents is 1. The fraction of sp³-hybridized carbons (Fsp3) is 0.562. The van der Waals surface area contributed by atoms with Crippen LogP contribution in [0.3, 0.4) is 0 Å². The molecule has 1 aromatic carbocycles. The molecule has 3 heteroatoms. The second-order valence-corrected chi connectivity index (χ2v) is 5.47. The van der Waals surface area contributed by atoms with Gasteiger partial charge in [-0.1, -0.05) is 18.9 Å². The standard InChI is InChI=1S/C16H22O3/c17-14-9-10-15-12(6-4-7-13(15)11-14)5-2-1-3-8-16(18)19/h9-12,17H,1-8H2,(H,18,19). The van der Waals surface area contributed by atoms with E-state index in [-0.39, 0.29) is 6.42 Å². The van der Waals surface area contributed by atoms with Crippen LogP contribution in [0.5, 0.6) is 5.75 Å². The predicted molar refractivity (Wildman–Crippen MR) is 74.5 cm³/mol. The van der Waals surface area contributed by atoms with Crippen molar-refractivity contribution in [3.05, 3.63) is 29.3 Å². The van der Waals surface area contributed by atoms with Gasteiger partial charge < -0.3 is 10.2 Å². The lowest BCUT2D eigenvalue weighted by Gasteiger charge is -2.25. The van der Waals surface area contributed by atoms with Crippen LogP contribution in [-0.4, -0.2) is 16.2 Å². The molecule has 2 N–H and O–H groups in total. The van der Waals surface area contributed by atoms with Crippen molar-refractivity contribution in [1.82, 2.24) is 0 Å². The molecule has 0 fully saturated rings. The van der Waals surface area contributed by atoms with E-state index in [0.717, 1.165) is 32.1 Å². The Kier molecular flexibility index (Phi) is 4.83. The molecule has 0 saturated carbocycles. The molecule has 0 heterocycles. The van der Waals surface area contributed by atoms with Crippen LogP contribution in [0, 0.1) is 0 Å². The van der Waals surface area contributed by atoms with Crippen molar-refractivity contribution in [2.75, 3.05) is 0 Å². The fourth-order valence-corrected chi connectivity index (χ4v) is 3.04. The van der Waals surface area contributed by atoms with Crippen LogP contribution in [-0.2, 0) is 11.2 Å². The second-order valence-electron chi connectivity index (χ2n) is 5.47. The number of aliphatic carboxylic acids is 1. The number of unbranched alkanes of at least 4 members (excludes halogenated alkanes) is 2. The number of aryl methyl sites for hydroxylation is 1. The van der Waals surface area contributed by atoms with Crippen molar-refractivity contribution < 1.29 is 15.0 Å². The average Bonchev–Trinajstić information content (AvgIpc) is 2.37. The van der Waals surface area contributed by atoms with Gasteiger partial charge in [-0.15, -0.1) is 0 Å². The van der Waals surface area contributed by atoms with Crippen LogP contribution in [0.2, 0.25) is 0 Å². The monoisotopic (exact) mass is 262 g/mol. The van der Waals surface area contributed by atoms with Gasteiger partial charge in [0.1, 0.15) is 5.75 Å². The highest BCUT2D eigenvalue weighted by Gasteiger charge is 2.19. The number of phenols is 1. The van der Waals surface area contributed by atoms with Crippen molar-refractivity contribution in [3.8, 4) is 5.75 Å². The molecule has 19 heavy (non-hydrogen) atoms. The predicted octanol–water partition coefficient (Wildman–Crippen LogP) is 3.85. The molecule has 3 nitrogen and oxygen atoms in total. The van der Waals surface area contributed by atoms with Gasteiger partial charge in [0.2, 0.25) is 0 Å². The molecule has 1 unspecified atom stereocenters. The Morgan fingerprint density at radius 3 is 2.89 bits per heavy atom. The van der Waals surface area contributed by atoms with E-state index in [1.165, 1.54) is 24.0 Å². The summed E-state index contributed by atoms with van der Waals surface area (Å²) in [7, 11) is 0. The number of hydrogen-bond acceptors (Lipinski definition) is 2. The zero-order valence-corrected chi connectivity index (χ0v) is 11.3. The summed E-state index contributed by atoms with van der Waals surface area (Å²) in [6, 6.07) is 5.74. The maximum absolute atomic E-state index is 10.4. The lowest BCUT2D eigenvalue weighted by atomic mass is 9.80. The lowest BCUT2D eigenvalue weighted by molar-refractivity contribution is -0.137. The van der Waals surface area contributed by atoms with Crippen molar-refractivity contribution in [2.24, 2.45) is 0 Å². The molecule has 1 aromatic rings. The minimum Gasteiger partial charge on any atom is -0.508 e. The molecule has 1 aliphatic rings. The highest BCUT2D eigenvalue weighted by molar-refractivity contribution is 5.66. The first-order valence-electron chi connectivity index (χ1n) is 7.20. The number of carboxylic acid groups (broad SMARTS) is 1. The summed E-state index contributed by atoms with van der Waals surface area (Å²) in [6.45, 7) is 0. The lowest BCUT2D eigenvalue weighted by Crippen LogP contribution is -2.09. The molecule has 0 bridgehead atoms. The number of fused-ring (bicyclic) bond motifs is 1. The van der Waals surface area contributed by atoms with Crippen molar-refractivity contribution in [1.29, 1.82) is 0 Å². The Labute approximate surface area is 114 Å². The van der Waals surface area contributed by atoms with Crippen molar-refractivity contribution >= 4 is 5.97 Å². The van der Waals surface area contributed by atoms with E-state index in [1.54, 1.807) is 6.07 Å². The maximum atomic E-state index is 10.4. The molecule has 0 radical (unpaired) electrons. The third kappa shape index (κ3) is 3.98. The topological polar surface area (TPSA) is 57.5 Å². The number of rotatable bonds is 6. The van der Waals surface area contributed by atoms with E-state index in [2.05, 4.69) is 6.07 Å². The number of hydrogen-bond donors (Lipinski definition) is 2. The van der Waals surface area contributed by atoms with Crippen LogP contribution in [0.4, 0.5) is 0 Å². The summed E-state index contributed by atoms with van der Waals surface area (Å²) in [5.74, 6) is 0.258. The van der Waals surface area contributed by atoms with Crippen LogP contribution in [0.1, 0.15) is 62.0 Å². The summed E-state index contributed by atoms with van der Waals surface area (Å²) in [5, 5.41) is 18.1. The fourth-order valence-electron chi connectivity index (χ4n) is 3.04. The number of carbonyl (C=O) groups is 1. The van der Waals surface area contributed by atoms with Gasteiger partial charge in [0.05, 0.1) is 0 Å². The highest BCUT2D eigenvalue weighted by atomic mass is 16.4. The molecule has 2 rings (SSSR count). The van der Waals surface area contributed by atoms with E-state index >= 15 is 0 Å². The summed E-state index contributed by atoms with van der Waals surface area (Å²) in [6.07, 6.45) is 7.78. The van der Waals surface area contributed by atoms with E-state index in [0.29, 0.717) is 11.7 Å². The Morgan fingerprint density at radius 2 is 2.11 bits per heavy atom. The van der Waals surface area contributed by atoms with E-state index in [9.17, 15) is 9.90 Å². The third-order valence-electron chi connectivity index (χ3n) is 4.01.